The summed E-state index contributed by atoms with van der Waals surface area (Å²) in [5, 5.41) is 19.6. The predicted octanol–water partition coefficient (Wildman–Crippen LogP) is 1.73. The van der Waals surface area contributed by atoms with Crippen LogP contribution in [0.1, 0.15) is 17.1 Å². The first-order valence-corrected chi connectivity index (χ1v) is 8.56. The molecule has 3 aromatic heterocycles. The van der Waals surface area contributed by atoms with Crippen molar-refractivity contribution in [1.82, 2.24) is 29.7 Å². The summed E-state index contributed by atoms with van der Waals surface area (Å²) in [6, 6.07) is 8.68. The molecule has 0 saturated carbocycles. The fourth-order valence-corrected chi connectivity index (χ4v) is 3.10. The zero-order valence-corrected chi connectivity index (χ0v) is 14.6. The molecule has 11 heteroatoms. The van der Waals surface area contributed by atoms with E-state index in [1.54, 1.807) is 18.3 Å². The molecule has 0 aliphatic carbocycles. The largest absolute Gasteiger partial charge is 0.453 e. The highest BCUT2D eigenvalue weighted by Gasteiger charge is 2.37. The summed E-state index contributed by atoms with van der Waals surface area (Å²) in [6.07, 6.45) is -2.93. The highest BCUT2D eigenvalue weighted by Crippen LogP contribution is 2.28. The van der Waals surface area contributed by atoms with Crippen LogP contribution in [0.2, 0.25) is 0 Å². The second-order valence-corrected chi connectivity index (χ2v) is 6.41. The van der Waals surface area contributed by atoms with Crippen molar-refractivity contribution in [2.24, 2.45) is 0 Å². The maximum absolute atomic E-state index is 13.0. The van der Waals surface area contributed by atoms with E-state index in [0.29, 0.717) is 31.1 Å². The first-order chi connectivity index (χ1) is 13.4. The van der Waals surface area contributed by atoms with E-state index in [4.69, 9.17) is 5.26 Å². The number of pyridine rings is 1. The summed E-state index contributed by atoms with van der Waals surface area (Å²) in [7, 11) is 0. The van der Waals surface area contributed by atoms with Gasteiger partial charge in [-0.25, -0.2) is 4.98 Å². The Bertz CT molecular complexity index is 1010. The second kappa shape index (κ2) is 7.05. The third-order valence-corrected chi connectivity index (χ3v) is 4.54. The lowest BCUT2D eigenvalue weighted by atomic mass is 10.2. The Morgan fingerprint density at radius 3 is 2.46 bits per heavy atom. The molecule has 0 radical (unpaired) electrons. The van der Waals surface area contributed by atoms with Crippen molar-refractivity contribution in [3.05, 3.63) is 47.5 Å². The molecule has 144 valence electrons. The van der Waals surface area contributed by atoms with Crippen LogP contribution in [-0.2, 0) is 12.7 Å². The van der Waals surface area contributed by atoms with Crippen LogP contribution in [0, 0.1) is 11.3 Å². The van der Waals surface area contributed by atoms with Gasteiger partial charge in [0.1, 0.15) is 17.6 Å². The number of piperazine rings is 1. The summed E-state index contributed by atoms with van der Waals surface area (Å²) in [5.74, 6) is -0.672. The van der Waals surface area contributed by atoms with Crippen molar-refractivity contribution < 1.29 is 13.2 Å². The molecular formula is C17H15F3N8. The fraction of sp³-hybridized carbons (Fsp3) is 0.353. The third-order valence-electron chi connectivity index (χ3n) is 4.54. The van der Waals surface area contributed by atoms with Gasteiger partial charge < -0.3 is 4.90 Å². The minimum atomic E-state index is -4.61. The Labute approximate surface area is 157 Å². The lowest BCUT2D eigenvalue weighted by Crippen LogP contribution is -2.46. The molecule has 0 unspecified atom stereocenters. The second-order valence-electron chi connectivity index (χ2n) is 6.41. The molecule has 1 aliphatic heterocycles. The zero-order valence-electron chi connectivity index (χ0n) is 14.6. The molecule has 3 aromatic rings. The minimum absolute atomic E-state index is 0.0584. The maximum Gasteiger partial charge on any atom is 0.453 e. The molecule has 8 nitrogen and oxygen atoms in total. The highest BCUT2D eigenvalue weighted by molar-refractivity contribution is 5.46. The average molecular weight is 388 g/mol. The van der Waals surface area contributed by atoms with Crippen LogP contribution >= 0.6 is 0 Å². The first kappa shape index (κ1) is 18.1. The van der Waals surface area contributed by atoms with Crippen LogP contribution in [0.5, 0.6) is 0 Å². The summed E-state index contributed by atoms with van der Waals surface area (Å²) >= 11 is 0. The van der Waals surface area contributed by atoms with Gasteiger partial charge in [0.2, 0.25) is 0 Å². The van der Waals surface area contributed by atoms with Gasteiger partial charge in [-0.15, -0.1) is 15.3 Å². The van der Waals surface area contributed by atoms with Crippen LogP contribution < -0.4 is 4.90 Å². The van der Waals surface area contributed by atoms with Crippen LogP contribution in [0.3, 0.4) is 0 Å². The topological polar surface area (TPSA) is 86.2 Å². The molecule has 1 fully saturated rings. The number of alkyl halides is 3. The molecule has 0 N–H and O–H groups in total. The highest BCUT2D eigenvalue weighted by atomic mass is 19.4. The number of anilines is 1. The number of nitrogens with zero attached hydrogens (tertiary/aromatic N) is 8. The molecule has 1 aliphatic rings. The number of halogens is 3. The van der Waals surface area contributed by atoms with E-state index in [0.717, 1.165) is 23.2 Å². The van der Waals surface area contributed by atoms with Crippen molar-refractivity contribution in [2.75, 3.05) is 31.1 Å². The van der Waals surface area contributed by atoms with Gasteiger partial charge in [-0.05, 0) is 23.8 Å². The molecule has 0 aromatic carbocycles. The van der Waals surface area contributed by atoms with E-state index in [1.807, 2.05) is 17.0 Å². The number of hydrogen-bond donors (Lipinski definition) is 0. The number of aromatic nitrogens is 5. The molecule has 0 spiro atoms. The molecule has 0 atom stereocenters. The van der Waals surface area contributed by atoms with Crippen molar-refractivity contribution in [1.29, 1.82) is 5.26 Å². The molecule has 4 rings (SSSR count). The van der Waals surface area contributed by atoms with Crippen molar-refractivity contribution in [3.8, 4) is 6.07 Å². The van der Waals surface area contributed by atoms with Crippen LogP contribution in [0.15, 0.2) is 30.5 Å². The summed E-state index contributed by atoms with van der Waals surface area (Å²) in [4.78, 5) is 8.22. The van der Waals surface area contributed by atoms with Crippen LogP contribution in [-0.4, -0.2) is 55.9 Å². The molecule has 28 heavy (non-hydrogen) atoms. The van der Waals surface area contributed by atoms with Gasteiger partial charge in [0.15, 0.2) is 5.65 Å². The quantitative estimate of drug-likeness (QED) is 0.675. The molecule has 0 bridgehead atoms. The maximum atomic E-state index is 13.0. The number of rotatable bonds is 3. The normalized spacial score (nSPS) is 15.7. The van der Waals surface area contributed by atoms with Gasteiger partial charge in [-0.1, -0.05) is 6.07 Å². The van der Waals surface area contributed by atoms with Gasteiger partial charge in [0.05, 0.1) is 0 Å². The van der Waals surface area contributed by atoms with E-state index in [2.05, 4.69) is 25.2 Å². The monoisotopic (exact) mass is 388 g/mol. The molecular weight excluding hydrogens is 373 g/mol. The number of hydrogen-bond acceptors (Lipinski definition) is 7. The number of fused-ring (bicyclic) bond motifs is 1. The third kappa shape index (κ3) is 3.59. The Morgan fingerprint density at radius 2 is 1.82 bits per heavy atom. The standard InChI is InChI=1S/C17H15F3N8/c18-17(19,20)16-24-23-14-3-4-15(25-28(14)16)27-7-5-26(6-8-27)11-12-1-2-13(9-21)22-10-12/h1-4,10H,5-8,11H2. The Kier molecular flexibility index (Phi) is 4.56. The summed E-state index contributed by atoms with van der Waals surface area (Å²) in [6.45, 7) is 3.42. The summed E-state index contributed by atoms with van der Waals surface area (Å²) < 4.78 is 39.8. The SMILES string of the molecule is N#Cc1ccc(CN2CCN(c3ccc4nnc(C(F)(F)F)n4n3)CC2)cn1. The van der Waals surface area contributed by atoms with Crippen LogP contribution in [0.25, 0.3) is 5.65 Å². The van der Waals surface area contributed by atoms with E-state index in [-0.39, 0.29) is 5.65 Å². The van der Waals surface area contributed by atoms with E-state index >= 15 is 0 Å². The lowest BCUT2D eigenvalue weighted by molar-refractivity contribution is -0.146. The van der Waals surface area contributed by atoms with Gasteiger partial charge >= 0.3 is 6.18 Å². The predicted molar refractivity (Wildman–Crippen MR) is 92.2 cm³/mol. The van der Waals surface area contributed by atoms with E-state index < -0.39 is 12.0 Å². The average Bonchev–Trinajstić information content (AvgIpc) is 3.13. The van der Waals surface area contributed by atoms with Gasteiger partial charge in [-0.3, -0.25) is 4.90 Å². The summed E-state index contributed by atoms with van der Waals surface area (Å²) in [5.41, 5.74) is 1.44. The van der Waals surface area contributed by atoms with Crippen LogP contribution in [0.4, 0.5) is 19.0 Å². The molecule has 4 heterocycles. The van der Waals surface area contributed by atoms with E-state index in [9.17, 15) is 13.2 Å². The molecule has 0 amide bonds. The van der Waals surface area contributed by atoms with E-state index in [1.165, 1.54) is 6.07 Å². The number of nitriles is 1. The van der Waals surface area contributed by atoms with Crippen molar-refractivity contribution in [2.45, 2.75) is 12.7 Å². The lowest BCUT2D eigenvalue weighted by Gasteiger charge is -2.35. The zero-order chi connectivity index (χ0) is 19.7. The van der Waals surface area contributed by atoms with Crippen molar-refractivity contribution in [3.63, 3.8) is 0 Å². The first-order valence-electron chi connectivity index (χ1n) is 8.56. The fourth-order valence-electron chi connectivity index (χ4n) is 3.10. The van der Waals surface area contributed by atoms with Gasteiger partial charge in [-0.2, -0.15) is 22.9 Å². The Hall–Kier alpha value is -3.26. The minimum Gasteiger partial charge on any atom is -0.353 e. The van der Waals surface area contributed by atoms with Gasteiger partial charge in [0.25, 0.3) is 5.82 Å². The Morgan fingerprint density at radius 1 is 1.04 bits per heavy atom. The Balaban J connectivity index is 1.44. The van der Waals surface area contributed by atoms with Crippen molar-refractivity contribution >= 4 is 11.5 Å². The van der Waals surface area contributed by atoms with Gasteiger partial charge in [0, 0.05) is 38.9 Å². The molecule has 1 saturated heterocycles. The smallest absolute Gasteiger partial charge is 0.353 e.